The van der Waals surface area contributed by atoms with Crippen LogP contribution in [0, 0.1) is 0 Å². The first kappa shape index (κ1) is 39.5. The van der Waals surface area contributed by atoms with Crippen molar-refractivity contribution in [1.82, 2.24) is 0 Å². The van der Waals surface area contributed by atoms with Crippen molar-refractivity contribution in [2.24, 2.45) is 0 Å². The smallest absolute Gasteiger partial charge is 0.484 e. The third-order valence-electron chi connectivity index (χ3n) is 2.72. The maximum absolute atomic E-state index is 9.67. The minimum atomic E-state index is -1.62. The topological polar surface area (TPSA) is 282 Å². The van der Waals surface area contributed by atoms with E-state index in [1.807, 2.05) is 0 Å². The molecule has 0 aromatic carbocycles. The van der Waals surface area contributed by atoms with Gasteiger partial charge in [-0.2, -0.15) is 0 Å². The number of hydrogen-bond acceptors (Lipinski definition) is 16. The van der Waals surface area contributed by atoms with Crippen LogP contribution < -0.4 is 39.4 Å². The van der Waals surface area contributed by atoms with Crippen LogP contribution in [0.3, 0.4) is 0 Å². The van der Waals surface area contributed by atoms with Crippen molar-refractivity contribution in [3.8, 4) is 23.8 Å². The number of ether oxygens (including phenoxy) is 4. The van der Waals surface area contributed by atoms with Crippen molar-refractivity contribution in [1.29, 1.82) is 0 Å². The SMILES string of the molecule is O.O=C([O-])Oc1ccco1.O=C([O-])Oc1ccco1.O=C([O-])Oc1ccco1.O=C([O-])Oc1ccco1.[Ca+2].[Cu+2]. The van der Waals surface area contributed by atoms with E-state index in [1.165, 1.54) is 73.6 Å². The maximum atomic E-state index is 9.67. The van der Waals surface area contributed by atoms with E-state index in [0.717, 1.165) is 0 Å². The zero-order valence-electron chi connectivity index (χ0n) is 19.0. The molecular weight excluding hydrogens is 616 g/mol. The van der Waals surface area contributed by atoms with Gasteiger partial charge in [0.2, 0.25) is 23.8 Å². The van der Waals surface area contributed by atoms with Crippen LogP contribution >= 0.6 is 0 Å². The number of carboxylic acid groups (broad SMARTS) is 4. The van der Waals surface area contributed by atoms with Gasteiger partial charge in [-0.1, -0.05) is 0 Å². The van der Waals surface area contributed by atoms with Crippen LogP contribution in [-0.2, 0) is 17.1 Å². The molecule has 0 aliphatic rings. The summed E-state index contributed by atoms with van der Waals surface area (Å²) in [4.78, 5) is 38.7. The van der Waals surface area contributed by atoms with E-state index >= 15 is 0 Å². The molecule has 0 fully saturated rings. The maximum Gasteiger partial charge on any atom is 2.00 e. The Morgan fingerprint density at radius 3 is 0.769 bits per heavy atom. The van der Waals surface area contributed by atoms with Crippen molar-refractivity contribution in [2.75, 3.05) is 0 Å². The summed E-state index contributed by atoms with van der Waals surface area (Å²) in [6.07, 6.45) is -1.27. The molecule has 0 saturated carbocycles. The van der Waals surface area contributed by atoms with Crippen molar-refractivity contribution in [3.05, 3.63) is 73.6 Å². The van der Waals surface area contributed by atoms with Gasteiger partial charge in [0.05, 0.1) is 25.1 Å². The fourth-order valence-electron chi connectivity index (χ4n) is 1.61. The Labute approximate surface area is 257 Å². The Balaban J connectivity index is -0.000000432. The molecular formula is C20H14CaCuO17. The van der Waals surface area contributed by atoms with Crippen LogP contribution in [0.1, 0.15) is 0 Å². The van der Waals surface area contributed by atoms with E-state index < -0.39 is 24.6 Å². The first-order valence-corrected chi connectivity index (χ1v) is 8.85. The normalized spacial score (nSPS) is 8.21. The van der Waals surface area contributed by atoms with Gasteiger partial charge < -0.3 is 81.7 Å². The van der Waals surface area contributed by atoms with Gasteiger partial charge in [-0.15, -0.1) is 0 Å². The molecule has 0 spiro atoms. The summed E-state index contributed by atoms with van der Waals surface area (Å²) < 4.78 is 34.0. The average Bonchev–Trinajstić information content (AvgIpc) is 3.58. The second kappa shape index (κ2) is 23.1. The molecule has 0 bridgehead atoms. The summed E-state index contributed by atoms with van der Waals surface area (Å²) in [6, 6.07) is 11.5. The van der Waals surface area contributed by atoms with Crippen LogP contribution in [0.5, 0.6) is 23.8 Å². The summed E-state index contributed by atoms with van der Waals surface area (Å²) in [5, 5.41) is 38.7. The zero-order valence-corrected chi connectivity index (χ0v) is 22.1. The van der Waals surface area contributed by atoms with Crippen LogP contribution in [0.2, 0.25) is 0 Å². The van der Waals surface area contributed by atoms with E-state index in [2.05, 4.69) is 36.6 Å². The van der Waals surface area contributed by atoms with Gasteiger partial charge in [-0.05, 0) is 24.3 Å². The summed E-state index contributed by atoms with van der Waals surface area (Å²) in [5.74, 6) is -0.296. The van der Waals surface area contributed by atoms with Gasteiger partial charge in [0.25, 0.3) is 24.6 Å². The second-order valence-electron chi connectivity index (χ2n) is 5.14. The largest absolute Gasteiger partial charge is 2.00 e. The van der Waals surface area contributed by atoms with E-state index in [1.54, 1.807) is 0 Å². The molecule has 0 unspecified atom stereocenters. The fourth-order valence-corrected chi connectivity index (χ4v) is 1.61. The zero-order chi connectivity index (χ0) is 26.8. The molecule has 4 aromatic rings. The van der Waals surface area contributed by atoms with E-state index in [4.69, 9.17) is 0 Å². The van der Waals surface area contributed by atoms with Crippen molar-refractivity contribution >= 4 is 62.4 Å². The molecule has 4 aromatic heterocycles. The number of carbonyl (C=O) groups excluding carboxylic acids is 4. The third-order valence-corrected chi connectivity index (χ3v) is 2.72. The molecule has 19 heteroatoms. The van der Waals surface area contributed by atoms with Crippen LogP contribution in [-0.4, -0.2) is 67.8 Å². The van der Waals surface area contributed by atoms with E-state index in [9.17, 15) is 39.6 Å². The van der Waals surface area contributed by atoms with Gasteiger partial charge in [0.15, 0.2) is 0 Å². The van der Waals surface area contributed by atoms with Crippen LogP contribution in [0.25, 0.3) is 0 Å². The van der Waals surface area contributed by atoms with Crippen LogP contribution in [0.15, 0.2) is 91.3 Å². The van der Waals surface area contributed by atoms with Gasteiger partial charge in [0.1, 0.15) is 0 Å². The fraction of sp³-hybridized carbons (Fsp3) is 0. The molecule has 0 amide bonds. The van der Waals surface area contributed by atoms with Crippen molar-refractivity contribution in [3.63, 3.8) is 0 Å². The first-order chi connectivity index (χ1) is 17.2. The van der Waals surface area contributed by atoms with Gasteiger partial charge in [-0.25, -0.2) is 0 Å². The summed E-state index contributed by atoms with van der Waals surface area (Å²) >= 11 is 0. The Hall–Kier alpha value is -4.06. The molecule has 17 nitrogen and oxygen atoms in total. The predicted octanol–water partition coefficient (Wildman–Crippen LogP) is -1.20. The molecule has 0 aliphatic heterocycles. The van der Waals surface area contributed by atoms with Crippen molar-refractivity contribution < 1.29 is 98.8 Å². The number of furan rings is 4. The molecule has 209 valence electrons. The number of hydrogen-bond donors (Lipinski definition) is 0. The molecule has 4 rings (SSSR count). The third kappa shape index (κ3) is 21.7. The molecule has 0 aliphatic carbocycles. The van der Waals surface area contributed by atoms with Gasteiger partial charge in [0, 0.05) is 24.3 Å². The molecule has 0 saturated heterocycles. The molecule has 39 heavy (non-hydrogen) atoms. The standard InChI is InChI=1S/4C5H4O4.Ca.Cu.H2O/c4*6-5(7)9-4-2-1-3-8-4;;;/h4*1-3H,(H,6,7);;;1H2/q;;;;2*+2;/p-4. The van der Waals surface area contributed by atoms with E-state index in [0.29, 0.717) is 0 Å². The van der Waals surface area contributed by atoms with E-state index in [-0.39, 0.29) is 84.1 Å². The molecule has 1 radical (unpaired) electrons. The first-order valence-electron chi connectivity index (χ1n) is 8.85. The predicted molar refractivity (Wildman–Crippen MR) is 108 cm³/mol. The average molecular weight is 630 g/mol. The summed E-state index contributed by atoms with van der Waals surface area (Å²) in [5.41, 5.74) is 0. The minimum Gasteiger partial charge on any atom is -0.484 e. The molecule has 0 atom stereocenters. The summed E-state index contributed by atoms with van der Waals surface area (Å²) in [6.45, 7) is 0. The molecule has 4 heterocycles. The Morgan fingerprint density at radius 2 is 0.667 bits per heavy atom. The van der Waals surface area contributed by atoms with Crippen molar-refractivity contribution in [2.45, 2.75) is 0 Å². The van der Waals surface area contributed by atoms with Crippen LogP contribution in [0.4, 0.5) is 19.2 Å². The second-order valence-corrected chi connectivity index (χ2v) is 5.14. The summed E-state index contributed by atoms with van der Waals surface area (Å²) in [7, 11) is 0. The Bertz CT molecular complexity index is 954. The number of carbonyl (C=O) groups is 4. The Kier molecular flexibility index (Phi) is 23.4. The molecule has 2 N–H and O–H groups in total. The number of rotatable bonds is 4. The van der Waals surface area contributed by atoms with Gasteiger partial charge >= 0.3 is 54.8 Å². The minimum absolute atomic E-state index is 0. The monoisotopic (exact) mass is 629 g/mol. The quantitative estimate of drug-likeness (QED) is 0.189. The van der Waals surface area contributed by atoms with Gasteiger partial charge in [-0.3, -0.25) is 0 Å². The Morgan fingerprint density at radius 1 is 0.487 bits per heavy atom.